The topological polar surface area (TPSA) is 39.9 Å². The molecule has 0 N–H and O–H groups in total. The first-order chi connectivity index (χ1) is 10.1. The van der Waals surface area contributed by atoms with Crippen molar-refractivity contribution in [3.63, 3.8) is 0 Å². The molecular formula is C16H18ClN3O. The molecule has 110 valence electrons. The van der Waals surface area contributed by atoms with Gasteiger partial charge in [-0.25, -0.2) is 9.67 Å². The highest BCUT2D eigenvalue weighted by Gasteiger charge is 2.08. The van der Waals surface area contributed by atoms with Gasteiger partial charge in [0.25, 0.3) is 0 Å². The minimum absolute atomic E-state index is 0.265. The van der Waals surface area contributed by atoms with E-state index < -0.39 is 0 Å². The van der Waals surface area contributed by atoms with Gasteiger partial charge in [0.15, 0.2) is 5.82 Å². The molecule has 0 saturated heterocycles. The molecule has 0 unspecified atom stereocenters. The second-order valence-electron chi connectivity index (χ2n) is 4.92. The summed E-state index contributed by atoms with van der Waals surface area (Å²) in [4.78, 5) is 4.22. The summed E-state index contributed by atoms with van der Waals surface area (Å²) in [5.41, 5.74) is 2.03. The second-order valence-corrected chi connectivity index (χ2v) is 5.18. The highest BCUT2D eigenvalue weighted by Crippen LogP contribution is 2.18. The van der Waals surface area contributed by atoms with Gasteiger partial charge in [-0.05, 0) is 44.5 Å². The summed E-state index contributed by atoms with van der Waals surface area (Å²) in [7, 11) is 0. The Balaban J connectivity index is 2.07. The molecule has 1 aromatic heterocycles. The van der Waals surface area contributed by atoms with Gasteiger partial charge >= 0.3 is 0 Å². The van der Waals surface area contributed by atoms with Crippen molar-refractivity contribution < 1.29 is 4.74 Å². The maximum absolute atomic E-state index is 5.78. The Bertz CT molecular complexity index is 668. The first-order valence-electron chi connectivity index (χ1n) is 6.78. The molecule has 0 spiro atoms. The molecule has 0 radical (unpaired) electrons. The van der Waals surface area contributed by atoms with Crippen LogP contribution in [0.25, 0.3) is 0 Å². The SMILES string of the molecule is Cc1cc(OCc2ncnn2C(C)C)ccc1C#CCCl. The van der Waals surface area contributed by atoms with E-state index in [4.69, 9.17) is 16.3 Å². The summed E-state index contributed by atoms with van der Waals surface area (Å²) in [6.45, 7) is 6.52. The predicted octanol–water partition coefficient (Wildman–Crippen LogP) is 3.34. The lowest BCUT2D eigenvalue weighted by Gasteiger charge is -2.11. The fraction of sp³-hybridized carbons (Fsp3) is 0.375. The molecule has 0 aliphatic heterocycles. The van der Waals surface area contributed by atoms with Crippen molar-refractivity contribution in [3.05, 3.63) is 41.5 Å². The monoisotopic (exact) mass is 303 g/mol. The van der Waals surface area contributed by atoms with E-state index in [0.29, 0.717) is 12.5 Å². The summed E-state index contributed by atoms with van der Waals surface area (Å²) >= 11 is 5.57. The van der Waals surface area contributed by atoms with Crippen LogP contribution in [-0.2, 0) is 6.61 Å². The summed E-state index contributed by atoms with van der Waals surface area (Å²) in [6.07, 6.45) is 1.55. The number of alkyl halides is 1. The van der Waals surface area contributed by atoms with Crippen LogP contribution in [0.3, 0.4) is 0 Å². The van der Waals surface area contributed by atoms with Gasteiger partial charge in [-0.1, -0.05) is 11.8 Å². The number of aryl methyl sites for hydroxylation is 1. The number of hydrogen-bond acceptors (Lipinski definition) is 3. The highest BCUT2D eigenvalue weighted by molar-refractivity contribution is 6.19. The molecule has 0 fully saturated rings. The Hall–Kier alpha value is -1.99. The Labute approximate surface area is 130 Å². The predicted molar refractivity (Wildman–Crippen MR) is 83.5 cm³/mol. The van der Waals surface area contributed by atoms with Crippen LogP contribution < -0.4 is 4.74 Å². The Morgan fingerprint density at radius 2 is 2.19 bits per heavy atom. The lowest BCUT2D eigenvalue weighted by atomic mass is 10.1. The van der Waals surface area contributed by atoms with Gasteiger partial charge < -0.3 is 4.74 Å². The summed E-state index contributed by atoms with van der Waals surface area (Å²) < 4.78 is 7.64. The van der Waals surface area contributed by atoms with E-state index in [9.17, 15) is 0 Å². The van der Waals surface area contributed by atoms with Crippen LogP contribution in [0.1, 0.15) is 36.8 Å². The molecular weight excluding hydrogens is 286 g/mol. The standard InChI is InChI=1S/C16H18ClN3O/c1-12(2)20-16(18-11-19-20)10-21-15-7-6-14(5-4-8-17)13(3)9-15/h6-7,9,11-12H,8,10H2,1-3H3. The maximum Gasteiger partial charge on any atom is 0.165 e. The third-order valence-electron chi connectivity index (χ3n) is 2.99. The molecule has 21 heavy (non-hydrogen) atoms. The van der Waals surface area contributed by atoms with Crippen molar-refractivity contribution in [2.75, 3.05) is 5.88 Å². The molecule has 2 aromatic rings. The van der Waals surface area contributed by atoms with Crippen molar-refractivity contribution in [1.82, 2.24) is 14.8 Å². The van der Waals surface area contributed by atoms with Gasteiger partial charge in [0.1, 0.15) is 18.7 Å². The fourth-order valence-corrected chi connectivity index (χ4v) is 2.02. The Morgan fingerprint density at radius 1 is 1.38 bits per heavy atom. The molecule has 0 aliphatic carbocycles. The number of rotatable bonds is 4. The first kappa shape index (κ1) is 15.4. The number of nitrogens with zero attached hydrogens (tertiary/aromatic N) is 3. The normalized spacial score (nSPS) is 10.3. The molecule has 0 saturated carbocycles. The smallest absolute Gasteiger partial charge is 0.165 e. The van der Waals surface area contributed by atoms with Crippen molar-refractivity contribution in [2.45, 2.75) is 33.4 Å². The maximum atomic E-state index is 5.78. The van der Waals surface area contributed by atoms with E-state index in [1.54, 1.807) is 6.33 Å². The Kier molecular flexibility index (Phi) is 5.24. The number of hydrogen-bond donors (Lipinski definition) is 0. The molecule has 1 heterocycles. The van der Waals surface area contributed by atoms with E-state index in [1.165, 1.54) is 0 Å². The summed E-state index contributed by atoms with van der Waals surface area (Å²) in [6, 6.07) is 6.08. The van der Waals surface area contributed by atoms with Crippen molar-refractivity contribution in [2.24, 2.45) is 0 Å². The quantitative estimate of drug-likeness (QED) is 0.642. The van der Waals surface area contributed by atoms with E-state index in [-0.39, 0.29) is 6.04 Å². The molecule has 5 heteroatoms. The van der Waals surface area contributed by atoms with E-state index >= 15 is 0 Å². The third-order valence-corrected chi connectivity index (χ3v) is 3.13. The Morgan fingerprint density at radius 3 is 2.86 bits per heavy atom. The number of aromatic nitrogens is 3. The van der Waals surface area contributed by atoms with E-state index in [0.717, 1.165) is 22.7 Å². The van der Waals surface area contributed by atoms with Gasteiger partial charge in [-0.2, -0.15) is 5.10 Å². The first-order valence-corrected chi connectivity index (χ1v) is 7.32. The van der Waals surface area contributed by atoms with Crippen LogP contribution >= 0.6 is 11.6 Å². The zero-order valence-electron chi connectivity index (χ0n) is 12.4. The molecule has 4 nitrogen and oxygen atoms in total. The minimum atomic E-state index is 0.265. The number of benzene rings is 1. The lowest BCUT2D eigenvalue weighted by Crippen LogP contribution is -2.10. The van der Waals surface area contributed by atoms with E-state index in [1.807, 2.05) is 29.8 Å². The van der Waals surface area contributed by atoms with Crippen molar-refractivity contribution >= 4 is 11.6 Å². The minimum Gasteiger partial charge on any atom is -0.486 e. The second kappa shape index (κ2) is 7.14. The zero-order valence-corrected chi connectivity index (χ0v) is 13.2. The summed E-state index contributed by atoms with van der Waals surface area (Å²) in [5.74, 6) is 7.81. The molecule has 0 atom stereocenters. The van der Waals surface area contributed by atoms with Gasteiger partial charge in [-0.3, -0.25) is 0 Å². The van der Waals surface area contributed by atoms with E-state index in [2.05, 4.69) is 35.8 Å². The molecule has 0 aliphatic rings. The molecule has 1 aromatic carbocycles. The van der Waals surface area contributed by atoms with Crippen LogP contribution in [0.4, 0.5) is 0 Å². The van der Waals surface area contributed by atoms with Crippen molar-refractivity contribution in [1.29, 1.82) is 0 Å². The van der Waals surface area contributed by atoms with Crippen molar-refractivity contribution in [3.8, 4) is 17.6 Å². The summed E-state index contributed by atoms with van der Waals surface area (Å²) in [5, 5.41) is 4.19. The van der Waals surface area contributed by atoms with Crippen LogP contribution in [-0.4, -0.2) is 20.6 Å². The average Bonchev–Trinajstić information content (AvgIpc) is 2.93. The van der Waals surface area contributed by atoms with Crippen LogP contribution in [0.2, 0.25) is 0 Å². The average molecular weight is 304 g/mol. The number of ether oxygens (including phenoxy) is 1. The van der Waals surface area contributed by atoms with Gasteiger partial charge in [0.2, 0.25) is 0 Å². The largest absolute Gasteiger partial charge is 0.486 e. The zero-order chi connectivity index (χ0) is 15.2. The highest BCUT2D eigenvalue weighted by atomic mass is 35.5. The molecule has 0 amide bonds. The van der Waals surface area contributed by atoms with Gasteiger partial charge in [0.05, 0.1) is 5.88 Å². The molecule has 0 bridgehead atoms. The lowest BCUT2D eigenvalue weighted by molar-refractivity contribution is 0.282. The van der Waals surface area contributed by atoms with Crippen LogP contribution in [0, 0.1) is 18.8 Å². The van der Waals surface area contributed by atoms with Crippen LogP contribution in [0.5, 0.6) is 5.75 Å². The third kappa shape index (κ3) is 3.99. The number of halogens is 1. The van der Waals surface area contributed by atoms with Gasteiger partial charge in [-0.15, -0.1) is 11.6 Å². The van der Waals surface area contributed by atoms with Crippen LogP contribution in [0.15, 0.2) is 24.5 Å². The molecule has 2 rings (SSSR count). The fourth-order valence-electron chi connectivity index (χ4n) is 1.95. The van der Waals surface area contributed by atoms with Gasteiger partial charge in [0, 0.05) is 11.6 Å².